The summed E-state index contributed by atoms with van der Waals surface area (Å²) in [5, 5.41) is 0. The van der Waals surface area contributed by atoms with Crippen LogP contribution in [0.25, 0.3) is 0 Å². The highest BCUT2D eigenvalue weighted by Crippen LogP contribution is 2.41. The third kappa shape index (κ3) is 3.67. The van der Waals surface area contributed by atoms with Crippen LogP contribution >= 0.6 is 0 Å². The fourth-order valence-corrected chi connectivity index (χ4v) is 5.25. The molecule has 0 unspecified atom stereocenters. The van der Waals surface area contributed by atoms with Gasteiger partial charge in [0, 0.05) is 32.7 Å². The average Bonchev–Trinajstić information content (AvgIpc) is 3.28. The fraction of sp³-hybridized carbons (Fsp3) is 0.480. The Kier molecular flexibility index (Phi) is 5.38. The highest BCUT2D eigenvalue weighted by Gasteiger charge is 2.43. The summed E-state index contributed by atoms with van der Waals surface area (Å²) in [7, 11) is 0. The van der Waals surface area contributed by atoms with E-state index in [-0.39, 0.29) is 5.41 Å². The highest BCUT2D eigenvalue weighted by atomic mass is 16.7. The summed E-state index contributed by atoms with van der Waals surface area (Å²) in [5.74, 6) is 2.01. The maximum atomic E-state index is 13.7. The van der Waals surface area contributed by atoms with Gasteiger partial charge in [-0.25, -0.2) is 0 Å². The zero-order chi connectivity index (χ0) is 20.4. The molecule has 1 amide bonds. The fourth-order valence-electron chi connectivity index (χ4n) is 5.25. The first-order valence-corrected chi connectivity index (χ1v) is 11.2. The molecule has 2 aliphatic heterocycles. The second-order valence-corrected chi connectivity index (χ2v) is 8.76. The van der Waals surface area contributed by atoms with Gasteiger partial charge in [0.1, 0.15) is 0 Å². The van der Waals surface area contributed by atoms with Crippen molar-refractivity contribution >= 4 is 5.91 Å². The first kappa shape index (κ1) is 19.4. The minimum atomic E-state index is -0.320. The van der Waals surface area contributed by atoms with Crippen molar-refractivity contribution in [2.45, 2.75) is 44.1 Å². The lowest BCUT2D eigenvalue weighted by atomic mass is 9.68. The molecule has 2 aromatic carbocycles. The zero-order valence-electron chi connectivity index (χ0n) is 17.5. The zero-order valence-corrected chi connectivity index (χ0v) is 17.5. The van der Waals surface area contributed by atoms with Gasteiger partial charge in [-0.05, 0) is 36.1 Å². The van der Waals surface area contributed by atoms with Gasteiger partial charge >= 0.3 is 0 Å². The standard InChI is InChI=1S/C25H30N2O3/c28-24(25(11-5-2-6-12-25)21-7-3-1-4-8-21)27-15-13-26(14-16-27)18-20-9-10-22-23(17-20)30-19-29-22/h1,3-4,7-10,17H,2,5-6,11-16,18-19H2. The number of carbonyl (C=O) groups excluding carboxylic acids is 1. The van der Waals surface area contributed by atoms with Crippen molar-refractivity contribution in [1.29, 1.82) is 0 Å². The second-order valence-electron chi connectivity index (χ2n) is 8.76. The van der Waals surface area contributed by atoms with Gasteiger partial charge in [0.05, 0.1) is 5.41 Å². The summed E-state index contributed by atoms with van der Waals surface area (Å²) in [6, 6.07) is 16.7. The molecule has 30 heavy (non-hydrogen) atoms. The lowest BCUT2D eigenvalue weighted by Crippen LogP contribution is -2.54. The molecule has 3 aliphatic rings. The van der Waals surface area contributed by atoms with E-state index in [1.807, 2.05) is 12.1 Å². The number of hydrogen-bond acceptors (Lipinski definition) is 4. The molecule has 0 N–H and O–H groups in total. The number of hydrogen-bond donors (Lipinski definition) is 0. The van der Waals surface area contributed by atoms with Crippen LogP contribution in [0.4, 0.5) is 0 Å². The Balaban J connectivity index is 1.25. The molecule has 5 nitrogen and oxygen atoms in total. The number of ether oxygens (including phenoxy) is 2. The van der Waals surface area contributed by atoms with E-state index in [2.05, 4.69) is 46.2 Å². The van der Waals surface area contributed by atoms with Gasteiger partial charge < -0.3 is 14.4 Å². The lowest BCUT2D eigenvalue weighted by Gasteiger charge is -2.43. The highest BCUT2D eigenvalue weighted by molar-refractivity contribution is 5.88. The SMILES string of the molecule is O=C(N1CCN(Cc2ccc3c(c2)OCO3)CC1)C1(c2ccccc2)CCCCC1. The number of rotatable bonds is 4. The van der Waals surface area contributed by atoms with Gasteiger partial charge in [-0.1, -0.05) is 55.7 Å². The molecule has 1 aliphatic carbocycles. The molecule has 5 rings (SSSR count). The summed E-state index contributed by atoms with van der Waals surface area (Å²) in [5.41, 5.74) is 2.11. The number of nitrogens with zero attached hydrogens (tertiary/aromatic N) is 2. The average molecular weight is 407 g/mol. The van der Waals surface area contributed by atoms with Crippen molar-refractivity contribution in [2.24, 2.45) is 0 Å². The van der Waals surface area contributed by atoms with E-state index in [0.29, 0.717) is 12.7 Å². The van der Waals surface area contributed by atoms with E-state index >= 15 is 0 Å². The quantitative estimate of drug-likeness (QED) is 0.771. The monoisotopic (exact) mass is 406 g/mol. The summed E-state index contributed by atoms with van der Waals surface area (Å²) < 4.78 is 10.9. The molecule has 5 heteroatoms. The van der Waals surface area contributed by atoms with Crippen molar-refractivity contribution < 1.29 is 14.3 Å². The van der Waals surface area contributed by atoms with E-state index in [1.54, 1.807) is 0 Å². The maximum Gasteiger partial charge on any atom is 0.233 e. The maximum absolute atomic E-state index is 13.7. The van der Waals surface area contributed by atoms with E-state index in [4.69, 9.17) is 9.47 Å². The van der Waals surface area contributed by atoms with Crippen LogP contribution in [-0.4, -0.2) is 48.7 Å². The first-order valence-electron chi connectivity index (χ1n) is 11.2. The summed E-state index contributed by atoms with van der Waals surface area (Å²) in [6.45, 7) is 4.61. The van der Waals surface area contributed by atoms with Crippen molar-refractivity contribution in [1.82, 2.24) is 9.80 Å². The van der Waals surface area contributed by atoms with Crippen LogP contribution in [0.15, 0.2) is 48.5 Å². The molecule has 158 valence electrons. The van der Waals surface area contributed by atoms with Gasteiger partial charge in [0.2, 0.25) is 12.7 Å². The molecule has 0 atom stereocenters. The Morgan fingerprint density at radius 1 is 0.867 bits per heavy atom. The van der Waals surface area contributed by atoms with Gasteiger partial charge in [-0.2, -0.15) is 0 Å². The third-order valence-corrected chi connectivity index (χ3v) is 6.95. The molecule has 2 aromatic rings. The summed E-state index contributed by atoms with van der Waals surface area (Å²) in [4.78, 5) is 18.3. The van der Waals surface area contributed by atoms with Crippen molar-refractivity contribution in [2.75, 3.05) is 33.0 Å². The minimum absolute atomic E-state index is 0.308. The Hall–Kier alpha value is -2.53. The molecule has 1 saturated heterocycles. The number of benzene rings is 2. The normalized spacial score (nSPS) is 20.9. The number of fused-ring (bicyclic) bond motifs is 1. The largest absolute Gasteiger partial charge is 0.454 e. The van der Waals surface area contributed by atoms with Crippen LogP contribution in [0.1, 0.15) is 43.2 Å². The Bertz CT molecular complexity index is 885. The molecule has 0 aromatic heterocycles. The Labute approximate surface area is 178 Å². The van der Waals surface area contributed by atoms with Crippen LogP contribution in [0.3, 0.4) is 0 Å². The molecule has 2 heterocycles. The number of piperazine rings is 1. The molecular weight excluding hydrogens is 376 g/mol. The van der Waals surface area contributed by atoms with Gasteiger partial charge in [-0.15, -0.1) is 0 Å². The molecule has 0 spiro atoms. The molecule has 1 saturated carbocycles. The van der Waals surface area contributed by atoms with Crippen molar-refractivity contribution in [3.63, 3.8) is 0 Å². The van der Waals surface area contributed by atoms with Crippen LogP contribution < -0.4 is 9.47 Å². The van der Waals surface area contributed by atoms with Gasteiger partial charge in [0.25, 0.3) is 0 Å². The predicted molar refractivity (Wildman–Crippen MR) is 116 cm³/mol. The molecule has 2 fully saturated rings. The van der Waals surface area contributed by atoms with Gasteiger partial charge in [-0.3, -0.25) is 9.69 Å². The smallest absolute Gasteiger partial charge is 0.233 e. The van der Waals surface area contributed by atoms with E-state index in [1.165, 1.54) is 17.5 Å². The third-order valence-electron chi connectivity index (χ3n) is 6.95. The summed E-state index contributed by atoms with van der Waals surface area (Å²) in [6.07, 6.45) is 5.49. The van der Waals surface area contributed by atoms with E-state index < -0.39 is 0 Å². The molecule has 0 radical (unpaired) electrons. The van der Waals surface area contributed by atoms with Gasteiger partial charge in [0.15, 0.2) is 11.5 Å². The van der Waals surface area contributed by atoms with Crippen LogP contribution in [0.5, 0.6) is 11.5 Å². The minimum Gasteiger partial charge on any atom is -0.454 e. The number of amides is 1. The predicted octanol–water partition coefficient (Wildman–Crippen LogP) is 3.96. The van der Waals surface area contributed by atoms with Crippen molar-refractivity contribution in [3.05, 3.63) is 59.7 Å². The van der Waals surface area contributed by atoms with E-state index in [9.17, 15) is 4.79 Å². The molecule has 0 bridgehead atoms. The molecular formula is C25H30N2O3. The van der Waals surface area contributed by atoms with Crippen molar-refractivity contribution in [3.8, 4) is 11.5 Å². The van der Waals surface area contributed by atoms with Crippen LogP contribution in [0, 0.1) is 0 Å². The Morgan fingerprint density at radius 2 is 1.60 bits per heavy atom. The topological polar surface area (TPSA) is 42.0 Å². The van der Waals surface area contributed by atoms with Crippen LogP contribution in [0.2, 0.25) is 0 Å². The first-order chi connectivity index (χ1) is 14.7. The van der Waals surface area contributed by atoms with E-state index in [0.717, 1.165) is 69.9 Å². The second kappa shape index (κ2) is 8.31. The van der Waals surface area contributed by atoms with Crippen LogP contribution in [-0.2, 0) is 16.8 Å². The summed E-state index contributed by atoms with van der Waals surface area (Å²) >= 11 is 0. The lowest BCUT2D eigenvalue weighted by molar-refractivity contribution is -0.140. The number of carbonyl (C=O) groups is 1. The Morgan fingerprint density at radius 3 is 2.37 bits per heavy atom.